The van der Waals surface area contributed by atoms with Crippen LogP contribution in [-0.2, 0) is 6.54 Å². The summed E-state index contributed by atoms with van der Waals surface area (Å²) in [5.41, 5.74) is 8.38. The summed E-state index contributed by atoms with van der Waals surface area (Å²) in [6, 6.07) is 16.5. The van der Waals surface area contributed by atoms with Gasteiger partial charge in [-0.1, -0.05) is 46.3 Å². The van der Waals surface area contributed by atoms with E-state index in [1.165, 1.54) is 5.56 Å². The lowest BCUT2D eigenvalue weighted by Crippen LogP contribution is -2.30. The van der Waals surface area contributed by atoms with Crippen LogP contribution >= 0.6 is 15.9 Å². The third-order valence-corrected chi connectivity index (χ3v) is 4.07. The first-order valence-electron chi connectivity index (χ1n) is 6.93. The summed E-state index contributed by atoms with van der Waals surface area (Å²) in [6.07, 6.45) is 0. The van der Waals surface area contributed by atoms with Crippen LogP contribution in [0.1, 0.15) is 17.2 Å². The molecule has 0 aliphatic heterocycles. The van der Waals surface area contributed by atoms with E-state index in [-0.39, 0.29) is 6.04 Å². The Labute approximate surface area is 134 Å². The molecule has 1 unspecified atom stereocenters. The van der Waals surface area contributed by atoms with Gasteiger partial charge >= 0.3 is 0 Å². The molecule has 0 aromatic heterocycles. The zero-order valence-electron chi connectivity index (χ0n) is 12.4. The number of methoxy groups -OCH3 is 1. The van der Waals surface area contributed by atoms with E-state index in [0.717, 1.165) is 22.3 Å². The summed E-state index contributed by atoms with van der Waals surface area (Å²) in [7, 11) is 3.78. The fraction of sp³-hybridized carbons (Fsp3) is 0.294. The van der Waals surface area contributed by atoms with Gasteiger partial charge in [0.1, 0.15) is 5.75 Å². The third kappa shape index (κ3) is 4.06. The minimum absolute atomic E-state index is 0.125. The topological polar surface area (TPSA) is 38.5 Å². The number of nitrogens with two attached hydrogens (primary N) is 1. The monoisotopic (exact) mass is 348 g/mol. The van der Waals surface area contributed by atoms with Gasteiger partial charge in [0.05, 0.1) is 13.2 Å². The molecule has 21 heavy (non-hydrogen) atoms. The van der Waals surface area contributed by atoms with E-state index in [2.05, 4.69) is 46.1 Å². The first-order valence-corrected chi connectivity index (χ1v) is 7.72. The number of hydrogen-bond donors (Lipinski definition) is 1. The van der Waals surface area contributed by atoms with Crippen LogP contribution in [0, 0.1) is 0 Å². The van der Waals surface area contributed by atoms with E-state index < -0.39 is 0 Å². The molecule has 112 valence electrons. The van der Waals surface area contributed by atoms with Crippen LogP contribution in [0.15, 0.2) is 53.0 Å². The number of nitrogens with zero attached hydrogens (tertiary/aromatic N) is 1. The van der Waals surface area contributed by atoms with Gasteiger partial charge in [0.2, 0.25) is 0 Å². The van der Waals surface area contributed by atoms with E-state index in [4.69, 9.17) is 10.5 Å². The molecule has 0 spiro atoms. The first kappa shape index (κ1) is 16.0. The lowest BCUT2D eigenvalue weighted by atomic mass is 10.0. The predicted octanol–water partition coefficient (Wildman–Crippen LogP) is 3.59. The maximum absolute atomic E-state index is 6.01. The van der Waals surface area contributed by atoms with Crippen LogP contribution in [0.25, 0.3) is 0 Å². The first-order chi connectivity index (χ1) is 10.2. The molecule has 3 nitrogen and oxygen atoms in total. The molecule has 2 aromatic rings. The van der Waals surface area contributed by atoms with E-state index in [9.17, 15) is 0 Å². The van der Waals surface area contributed by atoms with Crippen molar-refractivity contribution in [2.75, 3.05) is 20.7 Å². The van der Waals surface area contributed by atoms with Gasteiger partial charge < -0.3 is 10.5 Å². The van der Waals surface area contributed by atoms with Gasteiger partial charge in [-0.2, -0.15) is 0 Å². The second kappa shape index (κ2) is 7.59. The number of rotatable bonds is 6. The standard InChI is InChI=1S/C17H21BrN2O/c1-20(12-13-6-5-7-14(18)10-13)16(11-19)15-8-3-4-9-17(15)21-2/h3-10,16H,11-12,19H2,1-2H3. The lowest BCUT2D eigenvalue weighted by Gasteiger charge is -2.28. The number of hydrogen-bond acceptors (Lipinski definition) is 3. The molecule has 0 aliphatic rings. The molecule has 0 heterocycles. The molecule has 0 radical (unpaired) electrons. The Morgan fingerprint density at radius 2 is 1.95 bits per heavy atom. The Balaban J connectivity index is 2.20. The van der Waals surface area contributed by atoms with Crippen LogP contribution in [0.3, 0.4) is 0 Å². The van der Waals surface area contributed by atoms with E-state index in [0.29, 0.717) is 6.54 Å². The van der Waals surface area contributed by atoms with Gasteiger partial charge in [-0.15, -0.1) is 0 Å². The molecule has 4 heteroatoms. The predicted molar refractivity (Wildman–Crippen MR) is 90.4 cm³/mol. The Kier molecular flexibility index (Phi) is 5.79. The van der Waals surface area contributed by atoms with E-state index in [1.54, 1.807) is 7.11 Å². The maximum atomic E-state index is 6.01. The fourth-order valence-corrected chi connectivity index (χ4v) is 2.97. The normalized spacial score (nSPS) is 12.4. The quantitative estimate of drug-likeness (QED) is 0.866. The average molecular weight is 349 g/mol. The van der Waals surface area contributed by atoms with Crippen molar-refractivity contribution >= 4 is 15.9 Å². The zero-order valence-corrected chi connectivity index (χ0v) is 14.0. The maximum Gasteiger partial charge on any atom is 0.123 e. The van der Waals surface area contributed by atoms with Crippen LogP contribution < -0.4 is 10.5 Å². The SMILES string of the molecule is COc1ccccc1C(CN)N(C)Cc1cccc(Br)c1. The van der Waals surface area contributed by atoms with Crippen molar-refractivity contribution in [2.24, 2.45) is 5.73 Å². The number of halogens is 1. The average Bonchev–Trinajstić information content (AvgIpc) is 2.48. The van der Waals surface area contributed by atoms with Crippen molar-refractivity contribution in [3.05, 3.63) is 64.1 Å². The molecule has 0 bridgehead atoms. The minimum atomic E-state index is 0.125. The van der Waals surface area contributed by atoms with E-state index >= 15 is 0 Å². The molecule has 0 fully saturated rings. The Morgan fingerprint density at radius 3 is 2.62 bits per heavy atom. The van der Waals surface area contributed by atoms with Crippen LogP contribution in [0.2, 0.25) is 0 Å². The molecule has 1 atom stereocenters. The molecular weight excluding hydrogens is 328 g/mol. The lowest BCUT2D eigenvalue weighted by molar-refractivity contribution is 0.236. The summed E-state index contributed by atoms with van der Waals surface area (Å²) in [6.45, 7) is 1.38. The molecule has 0 saturated heterocycles. The number of likely N-dealkylation sites (N-methyl/N-ethyl adjacent to an activating group) is 1. The summed E-state index contributed by atoms with van der Waals surface area (Å²) < 4.78 is 6.55. The van der Waals surface area contributed by atoms with Crippen LogP contribution in [0.5, 0.6) is 5.75 Å². The molecule has 2 N–H and O–H groups in total. The van der Waals surface area contributed by atoms with Crippen molar-refractivity contribution in [3.8, 4) is 5.75 Å². The molecule has 0 amide bonds. The van der Waals surface area contributed by atoms with Crippen molar-refractivity contribution in [3.63, 3.8) is 0 Å². The van der Waals surface area contributed by atoms with E-state index in [1.807, 2.05) is 30.3 Å². The number of para-hydroxylation sites is 1. The summed E-state index contributed by atoms with van der Waals surface area (Å²) >= 11 is 3.51. The summed E-state index contributed by atoms with van der Waals surface area (Å²) in [5, 5.41) is 0. The summed E-state index contributed by atoms with van der Waals surface area (Å²) in [4.78, 5) is 2.25. The Morgan fingerprint density at radius 1 is 1.19 bits per heavy atom. The van der Waals surface area contributed by atoms with Gasteiger partial charge in [0.25, 0.3) is 0 Å². The highest BCUT2D eigenvalue weighted by Gasteiger charge is 2.19. The van der Waals surface area contributed by atoms with Gasteiger partial charge in [0.15, 0.2) is 0 Å². The molecule has 2 aromatic carbocycles. The Bertz CT molecular complexity index is 589. The van der Waals surface area contributed by atoms with Crippen molar-refractivity contribution < 1.29 is 4.74 Å². The molecule has 0 aliphatic carbocycles. The molecule has 0 saturated carbocycles. The Hall–Kier alpha value is -1.36. The highest BCUT2D eigenvalue weighted by Crippen LogP contribution is 2.28. The van der Waals surface area contributed by atoms with Gasteiger partial charge in [-0.05, 0) is 30.8 Å². The van der Waals surface area contributed by atoms with Gasteiger partial charge in [0, 0.05) is 23.1 Å². The van der Waals surface area contributed by atoms with Crippen molar-refractivity contribution in [1.29, 1.82) is 0 Å². The summed E-state index contributed by atoms with van der Waals surface area (Å²) in [5.74, 6) is 0.883. The smallest absolute Gasteiger partial charge is 0.123 e. The minimum Gasteiger partial charge on any atom is -0.496 e. The second-order valence-electron chi connectivity index (χ2n) is 5.04. The van der Waals surface area contributed by atoms with Crippen molar-refractivity contribution in [2.45, 2.75) is 12.6 Å². The largest absolute Gasteiger partial charge is 0.496 e. The highest BCUT2D eigenvalue weighted by atomic mass is 79.9. The second-order valence-corrected chi connectivity index (χ2v) is 5.95. The van der Waals surface area contributed by atoms with Gasteiger partial charge in [-0.3, -0.25) is 4.90 Å². The van der Waals surface area contributed by atoms with Crippen molar-refractivity contribution in [1.82, 2.24) is 4.90 Å². The number of ether oxygens (including phenoxy) is 1. The van der Waals surface area contributed by atoms with Crippen LogP contribution in [-0.4, -0.2) is 25.6 Å². The molecular formula is C17H21BrN2O. The van der Waals surface area contributed by atoms with Crippen LogP contribution in [0.4, 0.5) is 0 Å². The zero-order chi connectivity index (χ0) is 15.2. The fourth-order valence-electron chi connectivity index (χ4n) is 2.52. The third-order valence-electron chi connectivity index (χ3n) is 3.57. The molecule has 2 rings (SSSR count). The van der Waals surface area contributed by atoms with Gasteiger partial charge in [-0.25, -0.2) is 0 Å². The number of benzene rings is 2. The highest BCUT2D eigenvalue weighted by molar-refractivity contribution is 9.10.